The van der Waals surface area contributed by atoms with Crippen LogP contribution in [-0.4, -0.2) is 26.8 Å². The average Bonchev–Trinajstić information content (AvgIpc) is 2.68. The molecule has 4 heteroatoms. The molecule has 1 aliphatic heterocycles. The van der Waals surface area contributed by atoms with Gasteiger partial charge < -0.3 is 0 Å². The van der Waals surface area contributed by atoms with Crippen LogP contribution < -0.4 is 0 Å². The molecule has 0 aliphatic carbocycles. The molecule has 14 heavy (non-hydrogen) atoms. The molecule has 1 aromatic heterocycles. The Morgan fingerprint density at radius 3 is 2.64 bits per heavy atom. The smallest absolute Gasteiger partial charge is 0.184 e. The van der Waals surface area contributed by atoms with E-state index >= 15 is 0 Å². The topological polar surface area (TPSA) is 38.1 Å². The summed E-state index contributed by atoms with van der Waals surface area (Å²) in [6.07, 6.45) is 3.52. The summed E-state index contributed by atoms with van der Waals surface area (Å²) in [7, 11) is 0. The quantitative estimate of drug-likeness (QED) is 0.744. The summed E-state index contributed by atoms with van der Waals surface area (Å²) in [4.78, 5) is 13.0. The Hall–Kier alpha value is -0.900. The Balaban J connectivity index is 2.18. The van der Waals surface area contributed by atoms with E-state index in [1.165, 1.54) is 0 Å². The van der Waals surface area contributed by atoms with Crippen LogP contribution in [0.1, 0.15) is 19.7 Å². The minimum atomic E-state index is 0.429. The van der Waals surface area contributed by atoms with Crippen LogP contribution in [0.4, 0.5) is 0 Å². The maximum absolute atomic E-state index is 4.61. The predicted octanol–water partition coefficient (Wildman–Crippen LogP) is 1.99. The molecular formula is C10H13N3S. The van der Waals surface area contributed by atoms with Gasteiger partial charge in [-0.2, -0.15) is 0 Å². The number of thioether (sulfide) groups is 1. The first-order valence-electron chi connectivity index (χ1n) is 4.75. The average molecular weight is 207 g/mol. The fourth-order valence-electron chi connectivity index (χ4n) is 1.26. The zero-order chi connectivity index (χ0) is 9.97. The van der Waals surface area contributed by atoms with Crippen LogP contribution in [0.15, 0.2) is 23.5 Å². The van der Waals surface area contributed by atoms with Crippen molar-refractivity contribution in [2.45, 2.75) is 19.9 Å². The monoisotopic (exact) mass is 207 g/mol. The molecule has 0 radical (unpaired) electrons. The summed E-state index contributed by atoms with van der Waals surface area (Å²) in [6, 6.07) is 2.25. The van der Waals surface area contributed by atoms with Gasteiger partial charge in [-0.3, -0.25) is 4.99 Å². The minimum Gasteiger partial charge on any atom is -0.270 e. The summed E-state index contributed by atoms with van der Waals surface area (Å²) in [5.74, 6) is 2.43. The molecule has 0 saturated carbocycles. The van der Waals surface area contributed by atoms with Gasteiger partial charge in [0.2, 0.25) is 0 Å². The fraction of sp³-hybridized carbons (Fsp3) is 0.500. The lowest BCUT2D eigenvalue weighted by atomic mass is 10.1. The predicted molar refractivity (Wildman–Crippen MR) is 59.7 cm³/mol. The normalized spacial score (nSPS) is 21.4. The maximum atomic E-state index is 4.61. The first-order valence-corrected chi connectivity index (χ1v) is 5.74. The van der Waals surface area contributed by atoms with Crippen LogP contribution in [0, 0.1) is 5.92 Å². The molecule has 0 spiro atoms. The van der Waals surface area contributed by atoms with Crippen molar-refractivity contribution in [2.75, 3.05) is 5.75 Å². The van der Waals surface area contributed by atoms with E-state index in [1.54, 1.807) is 24.2 Å². The highest BCUT2D eigenvalue weighted by molar-refractivity contribution is 8.14. The Morgan fingerprint density at radius 1 is 1.36 bits per heavy atom. The molecule has 0 amide bonds. The van der Waals surface area contributed by atoms with Crippen LogP contribution in [0.5, 0.6) is 0 Å². The SMILES string of the molecule is CC(C)C1CSC(c2ncccn2)=N1. The number of hydrogen-bond donors (Lipinski definition) is 0. The summed E-state index contributed by atoms with van der Waals surface area (Å²) >= 11 is 1.76. The summed E-state index contributed by atoms with van der Waals surface area (Å²) in [5, 5.41) is 0.990. The molecule has 0 fully saturated rings. The molecule has 1 aliphatic rings. The first-order chi connectivity index (χ1) is 6.77. The molecule has 1 aromatic rings. The number of aliphatic imine (C=N–C) groups is 1. The van der Waals surface area contributed by atoms with E-state index in [1.807, 2.05) is 6.07 Å². The van der Waals surface area contributed by atoms with Gasteiger partial charge in [0, 0.05) is 18.1 Å². The van der Waals surface area contributed by atoms with Crippen molar-refractivity contribution < 1.29 is 0 Å². The van der Waals surface area contributed by atoms with Gasteiger partial charge in [-0.1, -0.05) is 13.8 Å². The highest BCUT2D eigenvalue weighted by atomic mass is 32.2. The minimum absolute atomic E-state index is 0.429. The van der Waals surface area contributed by atoms with Crippen molar-refractivity contribution in [3.05, 3.63) is 24.3 Å². The summed E-state index contributed by atoms with van der Waals surface area (Å²) < 4.78 is 0. The van der Waals surface area contributed by atoms with Crippen molar-refractivity contribution in [2.24, 2.45) is 10.9 Å². The van der Waals surface area contributed by atoms with Crippen LogP contribution >= 0.6 is 11.8 Å². The van der Waals surface area contributed by atoms with Crippen molar-refractivity contribution >= 4 is 16.8 Å². The second-order valence-electron chi connectivity index (χ2n) is 3.63. The van der Waals surface area contributed by atoms with Crippen LogP contribution in [0.3, 0.4) is 0 Å². The van der Waals surface area contributed by atoms with Gasteiger partial charge >= 0.3 is 0 Å². The molecule has 1 unspecified atom stereocenters. The first kappa shape index (κ1) is 9.65. The molecule has 0 aromatic carbocycles. The third-order valence-electron chi connectivity index (χ3n) is 2.20. The van der Waals surface area contributed by atoms with E-state index < -0.39 is 0 Å². The molecule has 74 valence electrons. The standard InChI is InChI=1S/C10H13N3S/c1-7(2)8-6-14-10(13-8)9-11-4-3-5-12-9/h3-5,7-8H,6H2,1-2H3. The van der Waals surface area contributed by atoms with Gasteiger partial charge in [-0.15, -0.1) is 11.8 Å². The number of aromatic nitrogens is 2. The van der Waals surface area contributed by atoms with Crippen molar-refractivity contribution in [1.82, 2.24) is 9.97 Å². The molecule has 0 saturated heterocycles. The lowest BCUT2D eigenvalue weighted by Crippen LogP contribution is -2.11. The van der Waals surface area contributed by atoms with Gasteiger partial charge in [0.15, 0.2) is 5.82 Å². The molecule has 0 N–H and O–H groups in total. The Labute approximate surface area is 88.1 Å². The highest BCUT2D eigenvalue weighted by Crippen LogP contribution is 2.25. The highest BCUT2D eigenvalue weighted by Gasteiger charge is 2.22. The lowest BCUT2D eigenvalue weighted by molar-refractivity contribution is 0.543. The van der Waals surface area contributed by atoms with E-state index in [0.29, 0.717) is 12.0 Å². The largest absolute Gasteiger partial charge is 0.270 e. The maximum Gasteiger partial charge on any atom is 0.184 e. The summed E-state index contributed by atoms with van der Waals surface area (Å²) in [6.45, 7) is 4.40. The van der Waals surface area contributed by atoms with E-state index in [2.05, 4.69) is 28.8 Å². The Kier molecular flexibility index (Phi) is 2.82. The third-order valence-corrected chi connectivity index (χ3v) is 3.27. The second kappa shape index (κ2) is 4.09. The zero-order valence-electron chi connectivity index (χ0n) is 8.34. The lowest BCUT2D eigenvalue weighted by Gasteiger charge is -2.07. The van der Waals surface area contributed by atoms with Gasteiger partial charge in [0.25, 0.3) is 0 Å². The van der Waals surface area contributed by atoms with Gasteiger partial charge in [-0.25, -0.2) is 9.97 Å². The van der Waals surface area contributed by atoms with Gasteiger partial charge in [0.1, 0.15) is 5.04 Å². The van der Waals surface area contributed by atoms with Crippen molar-refractivity contribution in [3.63, 3.8) is 0 Å². The van der Waals surface area contributed by atoms with E-state index in [0.717, 1.165) is 16.6 Å². The van der Waals surface area contributed by atoms with Gasteiger partial charge in [-0.05, 0) is 12.0 Å². The number of rotatable bonds is 2. The Morgan fingerprint density at radius 2 is 2.07 bits per heavy atom. The second-order valence-corrected chi connectivity index (χ2v) is 4.64. The molecule has 1 atom stereocenters. The fourth-order valence-corrected chi connectivity index (χ4v) is 2.50. The molecule has 2 rings (SSSR count). The molecule has 3 nitrogen and oxygen atoms in total. The number of nitrogens with zero attached hydrogens (tertiary/aromatic N) is 3. The Bertz CT molecular complexity index is 334. The van der Waals surface area contributed by atoms with E-state index in [-0.39, 0.29) is 0 Å². The molecule has 2 heterocycles. The van der Waals surface area contributed by atoms with E-state index in [9.17, 15) is 0 Å². The van der Waals surface area contributed by atoms with Crippen LogP contribution in [0.25, 0.3) is 0 Å². The zero-order valence-corrected chi connectivity index (χ0v) is 9.16. The molecule has 0 bridgehead atoms. The third kappa shape index (κ3) is 1.95. The van der Waals surface area contributed by atoms with Crippen LogP contribution in [-0.2, 0) is 0 Å². The van der Waals surface area contributed by atoms with Crippen LogP contribution in [0.2, 0.25) is 0 Å². The summed E-state index contributed by atoms with van der Waals surface area (Å²) in [5.41, 5.74) is 0. The molecular weight excluding hydrogens is 194 g/mol. The van der Waals surface area contributed by atoms with Gasteiger partial charge in [0.05, 0.1) is 6.04 Å². The van der Waals surface area contributed by atoms with Crippen molar-refractivity contribution in [1.29, 1.82) is 0 Å². The van der Waals surface area contributed by atoms with E-state index in [4.69, 9.17) is 0 Å². The number of hydrogen-bond acceptors (Lipinski definition) is 4. The van der Waals surface area contributed by atoms with Crippen molar-refractivity contribution in [3.8, 4) is 0 Å².